The maximum Gasteiger partial charge on any atom is 0.175 e. The molecule has 0 atom stereocenters. The summed E-state index contributed by atoms with van der Waals surface area (Å²) in [6.45, 7) is 2.02. The second-order valence-electron chi connectivity index (χ2n) is 2.76. The van der Waals surface area contributed by atoms with Gasteiger partial charge in [0.15, 0.2) is 11.3 Å². The summed E-state index contributed by atoms with van der Waals surface area (Å²) >= 11 is 0. The molecule has 2 nitrogen and oxygen atoms in total. The Hall–Kier alpha value is -1.44. The molecule has 0 saturated carbocycles. The van der Waals surface area contributed by atoms with Crippen LogP contribution in [0.1, 0.15) is 5.56 Å². The largest absolute Gasteiger partial charge is 0.493 e. The Balaban J connectivity index is 2.81. The number of methoxy groups -OCH3 is 1. The number of para-hydroxylation sites is 1. The fourth-order valence-electron chi connectivity index (χ4n) is 1.32. The Labute approximate surface area is 70.8 Å². The van der Waals surface area contributed by atoms with Gasteiger partial charge in [-0.25, -0.2) is 0 Å². The summed E-state index contributed by atoms with van der Waals surface area (Å²) in [5.41, 5.74) is 1.97. The maximum atomic E-state index is 5.35. The molecule has 2 aromatic rings. The summed E-state index contributed by atoms with van der Waals surface area (Å²) in [4.78, 5) is 0. The lowest BCUT2D eigenvalue weighted by atomic mass is 10.2. The third kappa shape index (κ3) is 0.881. The van der Waals surface area contributed by atoms with E-state index in [0.29, 0.717) is 0 Å². The number of hydrogen-bond acceptors (Lipinski definition) is 2. The smallest absolute Gasteiger partial charge is 0.175 e. The molecule has 1 aromatic carbocycles. The van der Waals surface area contributed by atoms with Crippen molar-refractivity contribution in [2.45, 2.75) is 6.92 Å². The van der Waals surface area contributed by atoms with Crippen molar-refractivity contribution in [3.63, 3.8) is 0 Å². The average Bonchev–Trinajstić information content (AvgIpc) is 2.48. The summed E-state index contributed by atoms with van der Waals surface area (Å²) in [7, 11) is 1.65. The molecule has 2 rings (SSSR count). The normalized spacial score (nSPS) is 10.5. The van der Waals surface area contributed by atoms with Crippen molar-refractivity contribution >= 4 is 11.0 Å². The molecule has 0 spiro atoms. The topological polar surface area (TPSA) is 22.4 Å². The maximum absolute atomic E-state index is 5.35. The first-order valence-corrected chi connectivity index (χ1v) is 3.83. The quantitative estimate of drug-likeness (QED) is 0.643. The SMILES string of the molecule is COc1cccc2c(C)coc12. The van der Waals surface area contributed by atoms with Crippen LogP contribution in [0.2, 0.25) is 0 Å². The molecule has 0 aliphatic rings. The highest BCUT2D eigenvalue weighted by Crippen LogP contribution is 2.28. The highest BCUT2D eigenvalue weighted by atomic mass is 16.5. The van der Waals surface area contributed by atoms with Gasteiger partial charge in [-0.05, 0) is 18.6 Å². The number of aryl methyl sites for hydroxylation is 1. The molecule has 0 unspecified atom stereocenters. The highest BCUT2D eigenvalue weighted by molar-refractivity contribution is 5.85. The van der Waals surface area contributed by atoms with Gasteiger partial charge in [0.05, 0.1) is 13.4 Å². The van der Waals surface area contributed by atoms with E-state index in [9.17, 15) is 0 Å². The predicted octanol–water partition coefficient (Wildman–Crippen LogP) is 2.75. The molecule has 0 saturated heterocycles. The van der Waals surface area contributed by atoms with Crippen molar-refractivity contribution < 1.29 is 9.15 Å². The van der Waals surface area contributed by atoms with Crippen LogP contribution < -0.4 is 4.74 Å². The van der Waals surface area contributed by atoms with Gasteiger partial charge in [-0.3, -0.25) is 0 Å². The first kappa shape index (κ1) is 7.22. The minimum Gasteiger partial charge on any atom is -0.493 e. The second-order valence-corrected chi connectivity index (χ2v) is 2.76. The molecule has 0 aliphatic carbocycles. The van der Waals surface area contributed by atoms with Gasteiger partial charge in [0, 0.05) is 5.39 Å². The van der Waals surface area contributed by atoms with E-state index in [1.165, 1.54) is 0 Å². The third-order valence-electron chi connectivity index (χ3n) is 1.98. The van der Waals surface area contributed by atoms with Crippen LogP contribution in [0, 0.1) is 6.92 Å². The monoisotopic (exact) mass is 162 g/mol. The number of hydrogen-bond donors (Lipinski definition) is 0. The first-order chi connectivity index (χ1) is 5.83. The fourth-order valence-corrected chi connectivity index (χ4v) is 1.32. The minimum absolute atomic E-state index is 0.792. The van der Waals surface area contributed by atoms with Gasteiger partial charge in [0.2, 0.25) is 0 Å². The molecule has 0 fully saturated rings. The van der Waals surface area contributed by atoms with Gasteiger partial charge in [0.1, 0.15) is 0 Å². The van der Waals surface area contributed by atoms with Gasteiger partial charge >= 0.3 is 0 Å². The van der Waals surface area contributed by atoms with E-state index in [-0.39, 0.29) is 0 Å². The van der Waals surface area contributed by atoms with Crippen molar-refractivity contribution in [2.24, 2.45) is 0 Å². The molecule has 1 aromatic heterocycles. The van der Waals surface area contributed by atoms with Gasteiger partial charge in [0.25, 0.3) is 0 Å². The van der Waals surface area contributed by atoms with Gasteiger partial charge < -0.3 is 9.15 Å². The van der Waals surface area contributed by atoms with Crippen LogP contribution >= 0.6 is 0 Å². The molecule has 0 bridgehead atoms. The summed E-state index contributed by atoms with van der Waals surface area (Å²) in [5, 5.41) is 1.12. The molecule has 12 heavy (non-hydrogen) atoms. The number of furan rings is 1. The van der Waals surface area contributed by atoms with Gasteiger partial charge in [-0.15, -0.1) is 0 Å². The highest BCUT2D eigenvalue weighted by Gasteiger charge is 2.05. The van der Waals surface area contributed by atoms with E-state index >= 15 is 0 Å². The first-order valence-electron chi connectivity index (χ1n) is 3.83. The van der Waals surface area contributed by atoms with Crippen LogP contribution in [-0.4, -0.2) is 7.11 Å². The predicted molar refractivity (Wildman–Crippen MR) is 47.5 cm³/mol. The Morgan fingerprint density at radius 3 is 2.92 bits per heavy atom. The number of ether oxygens (including phenoxy) is 1. The zero-order valence-corrected chi connectivity index (χ0v) is 7.13. The van der Waals surface area contributed by atoms with E-state index in [0.717, 1.165) is 22.3 Å². The standard InChI is InChI=1S/C10H10O2/c1-7-6-12-10-8(7)4-3-5-9(10)11-2/h3-6H,1-2H3. The summed E-state index contributed by atoms with van der Waals surface area (Å²) in [6, 6.07) is 5.88. The van der Waals surface area contributed by atoms with Crippen molar-refractivity contribution in [3.8, 4) is 5.75 Å². The van der Waals surface area contributed by atoms with Crippen LogP contribution in [0.15, 0.2) is 28.9 Å². The van der Waals surface area contributed by atoms with Crippen molar-refractivity contribution in [2.75, 3.05) is 7.11 Å². The molecular formula is C10H10O2. The Morgan fingerprint density at radius 1 is 1.33 bits per heavy atom. The Bertz CT molecular complexity index is 401. The zero-order chi connectivity index (χ0) is 8.55. The van der Waals surface area contributed by atoms with Crippen molar-refractivity contribution in [1.29, 1.82) is 0 Å². The molecule has 0 amide bonds. The van der Waals surface area contributed by atoms with E-state index in [1.54, 1.807) is 13.4 Å². The molecular weight excluding hydrogens is 152 g/mol. The van der Waals surface area contributed by atoms with E-state index in [1.807, 2.05) is 25.1 Å². The second kappa shape index (κ2) is 2.55. The number of rotatable bonds is 1. The van der Waals surface area contributed by atoms with E-state index in [4.69, 9.17) is 9.15 Å². The van der Waals surface area contributed by atoms with Crippen LogP contribution in [-0.2, 0) is 0 Å². The van der Waals surface area contributed by atoms with Crippen LogP contribution in [0.4, 0.5) is 0 Å². The van der Waals surface area contributed by atoms with Crippen molar-refractivity contribution in [1.82, 2.24) is 0 Å². The molecule has 62 valence electrons. The molecule has 0 radical (unpaired) electrons. The molecule has 1 heterocycles. The summed E-state index contributed by atoms with van der Waals surface area (Å²) in [5.74, 6) is 0.792. The van der Waals surface area contributed by atoms with Crippen molar-refractivity contribution in [3.05, 3.63) is 30.0 Å². The molecule has 2 heteroatoms. The molecule has 0 N–H and O–H groups in total. The number of benzene rings is 1. The minimum atomic E-state index is 0.792. The average molecular weight is 162 g/mol. The zero-order valence-electron chi connectivity index (χ0n) is 7.13. The fraction of sp³-hybridized carbons (Fsp3) is 0.200. The Kier molecular flexibility index (Phi) is 1.54. The summed E-state index contributed by atoms with van der Waals surface area (Å²) in [6.07, 6.45) is 1.74. The van der Waals surface area contributed by atoms with Crippen LogP contribution in [0.5, 0.6) is 5.75 Å². The van der Waals surface area contributed by atoms with Crippen LogP contribution in [0.3, 0.4) is 0 Å². The summed E-state index contributed by atoms with van der Waals surface area (Å²) < 4.78 is 10.5. The van der Waals surface area contributed by atoms with E-state index < -0.39 is 0 Å². The lowest BCUT2D eigenvalue weighted by Crippen LogP contribution is -1.81. The number of fused-ring (bicyclic) bond motifs is 1. The third-order valence-corrected chi connectivity index (χ3v) is 1.98. The Morgan fingerprint density at radius 2 is 2.17 bits per heavy atom. The lowest BCUT2D eigenvalue weighted by Gasteiger charge is -1.98. The van der Waals surface area contributed by atoms with E-state index in [2.05, 4.69) is 0 Å². The van der Waals surface area contributed by atoms with Gasteiger partial charge in [-0.2, -0.15) is 0 Å². The lowest BCUT2D eigenvalue weighted by molar-refractivity contribution is 0.410. The van der Waals surface area contributed by atoms with Crippen LogP contribution in [0.25, 0.3) is 11.0 Å². The molecule has 0 aliphatic heterocycles. The van der Waals surface area contributed by atoms with Gasteiger partial charge in [-0.1, -0.05) is 12.1 Å².